The van der Waals surface area contributed by atoms with Gasteiger partial charge in [0.15, 0.2) is 0 Å². The van der Waals surface area contributed by atoms with Crippen LogP contribution in [0.4, 0.5) is 0 Å². The molecule has 7 bridgehead atoms. The minimum Gasteiger partial charge on any atom is -0.393 e. The molecule has 12 atom stereocenters. The van der Waals surface area contributed by atoms with Gasteiger partial charge in [0.25, 0.3) is 0 Å². The standard InChI is InChI=1S/C25H39NO7/c1-5-26-11-21(12-29-2)7-6-18(30-3)24-16-8-14-15(27)9-23(25(16,28)19(14)31-4)22(20(24)26,10-17(21)24)32-13-33-23/h14-20,27-28H,5-13H2,1-4H3/t14-,15+,16+,17+,18+,19-,20+,21+,22+,23+,24+,25+/m0/s1. The van der Waals surface area contributed by atoms with Crippen LogP contribution in [0.5, 0.6) is 0 Å². The van der Waals surface area contributed by atoms with E-state index in [-0.39, 0.29) is 41.6 Å². The molecular weight excluding hydrogens is 426 g/mol. The Morgan fingerprint density at radius 2 is 1.91 bits per heavy atom. The predicted octanol–water partition coefficient (Wildman–Crippen LogP) is 0.781. The first kappa shape index (κ1) is 21.9. The van der Waals surface area contributed by atoms with Gasteiger partial charge in [-0.2, -0.15) is 0 Å². The van der Waals surface area contributed by atoms with Gasteiger partial charge >= 0.3 is 0 Å². The molecule has 7 aliphatic rings. The van der Waals surface area contributed by atoms with Crippen molar-refractivity contribution in [2.24, 2.45) is 28.6 Å². The second kappa shape index (κ2) is 6.51. The highest BCUT2D eigenvalue weighted by Crippen LogP contribution is 2.83. The molecule has 2 saturated heterocycles. The van der Waals surface area contributed by atoms with Crippen LogP contribution in [0.1, 0.15) is 39.0 Å². The number of aliphatic hydroxyl groups excluding tert-OH is 1. The number of rotatable bonds is 5. The molecule has 0 aromatic rings. The Balaban J connectivity index is 1.56. The van der Waals surface area contributed by atoms with E-state index in [4.69, 9.17) is 23.7 Å². The normalized spacial score (nSPS) is 62.5. The fourth-order valence-corrected chi connectivity index (χ4v) is 11.5. The van der Waals surface area contributed by atoms with Gasteiger partial charge in [-0.15, -0.1) is 0 Å². The van der Waals surface area contributed by atoms with Crippen LogP contribution in [0.2, 0.25) is 0 Å². The first-order valence-corrected chi connectivity index (χ1v) is 12.8. The van der Waals surface area contributed by atoms with E-state index in [0.29, 0.717) is 18.9 Å². The lowest BCUT2D eigenvalue weighted by atomic mass is 9.41. The van der Waals surface area contributed by atoms with E-state index in [1.165, 1.54) is 0 Å². The first-order valence-electron chi connectivity index (χ1n) is 12.8. The number of fused-ring (bicyclic) bond motifs is 1. The summed E-state index contributed by atoms with van der Waals surface area (Å²) in [5.41, 5.74) is -3.23. The SMILES string of the molecule is CCN1C[C@@]2(COC)CC[C@@H](OC)[C@]34[C@@H]2C[C@@]2(OCO[C@]25C[C@@H](O)[C@@H]2C[C@H]3[C@@]5(O)[C@H]2OC)[C@@H]14. The lowest BCUT2D eigenvalue weighted by Gasteiger charge is -2.72. The molecule has 186 valence electrons. The van der Waals surface area contributed by atoms with Gasteiger partial charge in [0, 0.05) is 57.0 Å². The summed E-state index contributed by atoms with van der Waals surface area (Å²) in [7, 11) is 5.32. The van der Waals surface area contributed by atoms with Crippen LogP contribution in [-0.4, -0.2) is 104 Å². The van der Waals surface area contributed by atoms with E-state index >= 15 is 0 Å². The summed E-state index contributed by atoms with van der Waals surface area (Å²) in [6.07, 6.45) is 2.88. The van der Waals surface area contributed by atoms with E-state index in [2.05, 4.69) is 11.8 Å². The molecule has 7 rings (SSSR count). The number of hydrogen-bond donors (Lipinski definition) is 2. The summed E-state index contributed by atoms with van der Waals surface area (Å²) in [6, 6.07) is 0.0737. The fraction of sp³-hybridized carbons (Fsp3) is 1.00. The van der Waals surface area contributed by atoms with Crippen molar-refractivity contribution in [3.8, 4) is 0 Å². The number of ether oxygens (including phenoxy) is 5. The predicted molar refractivity (Wildman–Crippen MR) is 116 cm³/mol. The van der Waals surface area contributed by atoms with Crippen molar-refractivity contribution in [1.82, 2.24) is 4.90 Å². The minimum absolute atomic E-state index is 0.0106. The summed E-state index contributed by atoms with van der Waals surface area (Å²) in [6.45, 7) is 4.94. The maximum Gasteiger partial charge on any atom is 0.148 e. The molecule has 0 aromatic heterocycles. The third-order valence-electron chi connectivity index (χ3n) is 11.9. The Hall–Kier alpha value is -0.320. The van der Waals surface area contributed by atoms with Crippen LogP contribution < -0.4 is 0 Å². The van der Waals surface area contributed by atoms with Crippen molar-refractivity contribution in [3.63, 3.8) is 0 Å². The lowest BCUT2D eigenvalue weighted by molar-refractivity contribution is -0.341. The van der Waals surface area contributed by atoms with Crippen molar-refractivity contribution < 1.29 is 33.9 Å². The topological polar surface area (TPSA) is 89.9 Å². The van der Waals surface area contributed by atoms with Gasteiger partial charge in [-0.05, 0) is 38.1 Å². The van der Waals surface area contributed by atoms with Crippen LogP contribution in [-0.2, 0) is 23.7 Å². The summed E-state index contributed by atoms with van der Waals surface area (Å²) in [4.78, 5) is 2.60. The Kier molecular flexibility index (Phi) is 4.32. The summed E-state index contributed by atoms with van der Waals surface area (Å²) in [5, 5.41) is 24.3. The molecule has 0 aromatic carbocycles. The van der Waals surface area contributed by atoms with E-state index in [0.717, 1.165) is 38.8 Å². The Morgan fingerprint density at radius 3 is 2.61 bits per heavy atom. The molecule has 5 saturated carbocycles. The average molecular weight is 466 g/mol. The maximum absolute atomic E-state index is 12.9. The first-order chi connectivity index (χ1) is 15.9. The number of piperidine rings is 1. The highest BCUT2D eigenvalue weighted by atomic mass is 16.7. The van der Waals surface area contributed by atoms with Gasteiger partial charge in [0.05, 0.1) is 31.0 Å². The quantitative estimate of drug-likeness (QED) is 0.616. The van der Waals surface area contributed by atoms with Crippen molar-refractivity contribution in [1.29, 1.82) is 0 Å². The number of likely N-dealkylation sites (N-methyl/N-ethyl adjacent to an activating group) is 1. The molecule has 2 N–H and O–H groups in total. The molecule has 0 amide bonds. The number of methoxy groups -OCH3 is 3. The monoisotopic (exact) mass is 465 g/mol. The molecule has 3 spiro atoms. The van der Waals surface area contributed by atoms with Crippen molar-refractivity contribution in [2.75, 3.05) is 47.8 Å². The fourth-order valence-electron chi connectivity index (χ4n) is 11.5. The highest BCUT2D eigenvalue weighted by Gasteiger charge is 2.94. The molecule has 2 aliphatic heterocycles. The molecule has 0 radical (unpaired) electrons. The molecule has 8 nitrogen and oxygen atoms in total. The van der Waals surface area contributed by atoms with Gasteiger partial charge < -0.3 is 33.9 Å². The van der Waals surface area contributed by atoms with E-state index in [9.17, 15) is 10.2 Å². The molecule has 5 aliphatic carbocycles. The molecular formula is C25H39NO7. The van der Waals surface area contributed by atoms with Gasteiger partial charge in [-0.1, -0.05) is 6.92 Å². The Morgan fingerprint density at radius 1 is 1.09 bits per heavy atom. The molecule has 8 heteroatoms. The molecule has 0 unspecified atom stereocenters. The van der Waals surface area contributed by atoms with Crippen LogP contribution in [0.3, 0.4) is 0 Å². The number of nitrogens with zero attached hydrogens (tertiary/aromatic N) is 1. The largest absolute Gasteiger partial charge is 0.393 e. The van der Waals surface area contributed by atoms with Gasteiger partial charge in [0.1, 0.15) is 23.6 Å². The smallest absolute Gasteiger partial charge is 0.148 e. The second-order valence-electron chi connectivity index (χ2n) is 12.1. The van der Waals surface area contributed by atoms with Gasteiger partial charge in [-0.3, -0.25) is 4.90 Å². The third kappa shape index (κ3) is 1.92. The Bertz CT molecular complexity index is 859. The molecule has 7 fully saturated rings. The van der Waals surface area contributed by atoms with Crippen LogP contribution in [0.25, 0.3) is 0 Å². The third-order valence-corrected chi connectivity index (χ3v) is 11.9. The van der Waals surface area contributed by atoms with Gasteiger partial charge in [0.2, 0.25) is 0 Å². The maximum atomic E-state index is 12.9. The zero-order valence-corrected chi connectivity index (χ0v) is 20.3. The minimum atomic E-state index is -1.23. The molecule has 33 heavy (non-hydrogen) atoms. The lowest BCUT2D eigenvalue weighted by Crippen LogP contribution is -2.86. The Labute approximate surface area is 195 Å². The van der Waals surface area contributed by atoms with Crippen LogP contribution in [0.15, 0.2) is 0 Å². The van der Waals surface area contributed by atoms with Crippen LogP contribution in [0, 0.1) is 28.6 Å². The van der Waals surface area contributed by atoms with Crippen molar-refractivity contribution in [3.05, 3.63) is 0 Å². The van der Waals surface area contributed by atoms with Crippen molar-refractivity contribution in [2.45, 2.75) is 80.2 Å². The van der Waals surface area contributed by atoms with E-state index in [1.807, 2.05) is 14.2 Å². The second-order valence-corrected chi connectivity index (χ2v) is 12.1. The van der Waals surface area contributed by atoms with Gasteiger partial charge in [-0.25, -0.2) is 0 Å². The highest BCUT2D eigenvalue weighted by molar-refractivity contribution is 5.44. The van der Waals surface area contributed by atoms with E-state index in [1.54, 1.807) is 7.11 Å². The number of hydrogen-bond acceptors (Lipinski definition) is 8. The summed E-state index contributed by atoms with van der Waals surface area (Å²) < 4.78 is 31.6. The van der Waals surface area contributed by atoms with E-state index < -0.39 is 29.0 Å². The summed E-state index contributed by atoms with van der Waals surface area (Å²) in [5.74, 6) is 0.0842. The number of likely N-dealkylation sites (tertiary alicyclic amines) is 1. The summed E-state index contributed by atoms with van der Waals surface area (Å²) >= 11 is 0. The molecule has 2 heterocycles. The average Bonchev–Trinajstić information content (AvgIpc) is 3.36. The van der Waals surface area contributed by atoms with Crippen molar-refractivity contribution >= 4 is 0 Å². The zero-order valence-electron chi connectivity index (χ0n) is 20.3. The van der Waals surface area contributed by atoms with Crippen LogP contribution >= 0.6 is 0 Å². The zero-order chi connectivity index (χ0) is 23.0. The number of aliphatic hydroxyl groups is 2.